The molecule has 0 radical (unpaired) electrons. The summed E-state index contributed by atoms with van der Waals surface area (Å²) in [4.78, 5) is 23.9. The van der Waals surface area contributed by atoms with Crippen molar-refractivity contribution in [2.24, 2.45) is 5.92 Å². The Labute approximate surface area is 101 Å². The number of carboxylic acid groups (broad SMARTS) is 1. The highest BCUT2D eigenvalue weighted by Gasteiger charge is 2.33. The number of rotatable bonds is 3. The molecule has 1 aromatic rings. The maximum absolute atomic E-state index is 11.6. The van der Waals surface area contributed by atoms with E-state index in [0.717, 1.165) is 5.56 Å². The molecule has 4 nitrogen and oxygen atoms in total. The van der Waals surface area contributed by atoms with E-state index in [9.17, 15) is 9.59 Å². The van der Waals surface area contributed by atoms with Crippen LogP contribution >= 0.6 is 0 Å². The number of carboxylic acids is 1. The van der Waals surface area contributed by atoms with Crippen molar-refractivity contribution in [1.82, 2.24) is 4.90 Å². The quantitative estimate of drug-likeness (QED) is 0.868. The fraction of sp³-hybridized carbons (Fsp3) is 0.385. The molecule has 1 unspecified atom stereocenters. The van der Waals surface area contributed by atoms with Crippen LogP contribution in [0.4, 0.5) is 0 Å². The lowest BCUT2D eigenvalue weighted by molar-refractivity contribution is -0.141. The topological polar surface area (TPSA) is 57.6 Å². The largest absolute Gasteiger partial charge is 0.481 e. The van der Waals surface area contributed by atoms with Crippen LogP contribution in [-0.2, 0) is 16.1 Å². The molecule has 0 bridgehead atoms. The van der Waals surface area contributed by atoms with E-state index in [2.05, 4.69) is 0 Å². The minimum Gasteiger partial charge on any atom is -0.481 e. The van der Waals surface area contributed by atoms with E-state index in [4.69, 9.17) is 5.11 Å². The number of likely N-dealkylation sites (tertiary alicyclic amines) is 1. The van der Waals surface area contributed by atoms with Crippen molar-refractivity contribution < 1.29 is 14.7 Å². The lowest BCUT2D eigenvalue weighted by atomic mass is 10.1. The van der Waals surface area contributed by atoms with Gasteiger partial charge in [-0.1, -0.05) is 37.8 Å². The first-order valence-electron chi connectivity index (χ1n) is 5.21. The standard InChI is InChI=1S/C12H13NO3.CH4/c14-11-6-10(12(15)16)8-13(11)7-9-4-2-1-3-5-9;/h1-5,10H,6-8H2,(H,15,16);1H4. The molecule has 0 aliphatic carbocycles. The third-order valence-electron chi connectivity index (χ3n) is 2.78. The van der Waals surface area contributed by atoms with Gasteiger partial charge in [0.15, 0.2) is 0 Å². The van der Waals surface area contributed by atoms with Gasteiger partial charge in [0.1, 0.15) is 0 Å². The summed E-state index contributed by atoms with van der Waals surface area (Å²) in [5, 5.41) is 8.84. The Hall–Kier alpha value is -1.84. The smallest absolute Gasteiger partial charge is 0.308 e. The average molecular weight is 235 g/mol. The lowest BCUT2D eigenvalue weighted by Crippen LogP contribution is -2.25. The Kier molecular flexibility index (Phi) is 4.26. The van der Waals surface area contributed by atoms with E-state index < -0.39 is 11.9 Å². The van der Waals surface area contributed by atoms with E-state index in [0.29, 0.717) is 13.1 Å². The van der Waals surface area contributed by atoms with Gasteiger partial charge in [-0.25, -0.2) is 0 Å². The molecule has 4 heteroatoms. The Morgan fingerprint density at radius 3 is 2.53 bits per heavy atom. The van der Waals surface area contributed by atoms with Crippen LogP contribution in [0, 0.1) is 5.92 Å². The van der Waals surface area contributed by atoms with Gasteiger partial charge in [0.2, 0.25) is 5.91 Å². The number of hydrogen-bond donors (Lipinski definition) is 1. The van der Waals surface area contributed by atoms with Gasteiger partial charge in [0.25, 0.3) is 0 Å². The molecule has 0 aromatic heterocycles. The number of hydrogen-bond acceptors (Lipinski definition) is 2. The summed E-state index contributed by atoms with van der Waals surface area (Å²) in [6.45, 7) is 0.826. The zero-order chi connectivity index (χ0) is 11.5. The van der Waals surface area contributed by atoms with Crippen molar-refractivity contribution in [3.8, 4) is 0 Å². The molecule has 1 fully saturated rings. The van der Waals surface area contributed by atoms with Crippen molar-refractivity contribution in [2.45, 2.75) is 20.4 Å². The third kappa shape index (κ3) is 3.06. The molecule has 1 aliphatic heterocycles. The second-order valence-corrected chi connectivity index (χ2v) is 4.00. The first-order chi connectivity index (χ1) is 7.66. The predicted octanol–water partition coefficient (Wildman–Crippen LogP) is 1.76. The molecule has 17 heavy (non-hydrogen) atoms. The fourth-order valence-corrected chi connectivity index (χ4v) is 1.89. The third-order valence-corrected chi connectivity index (χ3v) is 2.78. The number of benzene rings is 1. The van der Waals surface area contributed by atoms with Gasteiger partial charge >= 0.3 is 5.97 Å². The van der Waals surface area contributed by atoms with Crippen molar-refractivity contribution in [3.05, 3.63) is 35.9 Å². The molecule has 0 saturated carbocycles. The highest BCUT2D eigenvalue weighted by Crippen LogP contribution is 2.20. The van der Waals surface area contributed by atoms with E-state index in [-0.39, 0.29) is 19.8 Å². The van der Waals surface area contributed by atoms with Crippen LogP contribution in [0.3, 0.4) is 0 Å². The highest BCUT2D eigenvalue weighted by molar-refractivity contribution is 5.86. The Morgan fingerprint density at radius 2 is 2.00 bits per heavy atom. The normalized spacial score (nSPS) is 18.9. The van der Waals surface area contributed by atoms with E-state index >= 15 is 0 Å². The molecule has 1 atom stereocenters. The molecule has 1 amide bonds. The summed E-state index contributed by atoms with van der Waals surface area (Å²) in [5.41, 5.74) is 1.03. The number of carbonyl (C=O) groups is 2. The Bertz CT molecular complexity index is 402. The summed E-state index contributed by atoms with van der Waals surface area (Å²) in [7, 11) is 0. The second kappa shape index (κ2) is 5.48. The number of amides is 1. The maximum Gasteiger partial charge on any atom is 0.308 e. The van der Waals surface area contributed by atoms with Gasteiger partial charge in [0.05, 0.1) is 5.92 Å². The van der Waals surface area contributed by atoms with E-state index in [1.54, 1.807) is 4.90 Å². The molecule has 1 saturated heterocycles. The van der Waals surface area contributed by atoms with Crippen LogP contribution < -0.4 is 0 Å². The summed E-state index contributed by atoms with van der Waals surface area (Å²) < 4.78 is 0. The van der Waals surface area contributed by atoms with Crippen molar-refractivity contribution in [2.75, 3.05) is 6.54 Å². The molecule has 92 valence electrons. The van der Waals surface area contributed by atoms with Gasteiger partial charge in [-0.05, 0) is 5.56 Å². The minimum atomic E-state index is -0.885. The predicted molar refractivity (Wildman–Crippen MR) is 64.3 cm³/mol. The SMILES string of the molecule is C.O=C(O)C1CC(=O)N(Cc2ccccc2)C1. The first kappa shape index (κ1) is 13.2. The zero-order valence-corrected chi connectivity index (χ0v) is 8.80. The Morgan fingerprint density at radius 1 is 1.35 bits per heavy atom. The second-order valence-electron chi connectivity index (χ2n) is 4.00. The van der Waals surface area contributed by atoms with Crippen LogP contribution in [0.15, 0.2) is 30.3 Å². The molecule has 2 rings (SSSR count). The summed E-state index contributed by atoms with van der Waals surface area (Å²) in [6, 6.07) is 9.59. The lowest BCUT2D eigenvalue weighted by Gasteiger charge is -2.15. The van der Waals surface area contributed by atoms with E-state index in [1.807, 2.05) is 30.3 Å². The van der Waals surface area contributed by atoms with Gasteiger partial charge < -0.3 is 10.0 Å². The molecular formula is C13H17NO3. The summed E-state index contributed by atoms with van der Waals surface area (Å²) in [6.07, 6.45) is 0.127. The summed E-state index contributed by atoms with van der Waals surface area (Å²) >= 11 is 0. The molecule has 1 aromatic carbocycles. The molecule has 1 N–H and O–H groups in total. The van der Waals surface area contributed by atoms with Gasteiger partial charge in [-0.3, -0.25) is 9.59 Å². The van der Waals surface area contributed by atoms with Crippen LogP contribution in [0.1, 0.15) is 19.4 Å². The minimum absolute atomic E-state index is 0. The monoisotopic (exact) mass is 235 g/mol. The van der Waals surface area contributed by atoms with E-state index in [1.165, 1.54) is 0 Å². The van der Waals surface area contributed by atoms with Crippen molar-refractivity contribution >= 4 is 11.9 Å². The van der Waals surface area contributed by atoms with Crippen LogP contribution in [0.5, 0.6) is 0 Å². The van der Waals surface area contributed by atoms with Crippen molar-refractivity contribution in [1.29, 1.82) is 0 Å². The van der Waals surface area contributed by atoms with Crippen molar-refractivity contribution in [3.63, 3.8) is 0 Å². The van der Waals surface area contributed by atoms with Gasteiger partial charge in [-0.15, -0.1) is 0 Å². The molecule has 1 aliphatic rings. The fourth-order valence-electron chi connectivity index (χ4n) is 1.89. The van der Waals surface area contributed by atoms with Crippen LogP contribution in [0.2, 0.25) is 0 Å². The molecular weight excluding hydrogens is 218 g/mol. The maximum atomic E-state index is 11.6. The molecule has 0 spiro atoms. The summed E-state index contributed by atoms with van der Waals surface area (Å²) in [5.74, 6) is -1.50. The van der Waals surface area contributed by atoms with Crippen LogP contribution in [-0.4, -0.2) is 28.4 Å². The number of nitrogens with zero attached hydrogens (tertiary/aromatic N) is 1. The molecule has 1 heterocycles. The van der Waals surface area contributed by atoms with Gasteiger partial charge in [-0.2, -0.15) is 0 Å². The first-order valence-corrected chi connectivity index (χ1v) is 5.21. The van der Waals surface area contributed by atoms with Gasteiger partial charge in [0, 0.05) is 19.5 Å². The number of carbonyl (C=O) groups excluding carboxylic acids is 1. The Balaban J connectivity index is 0.00000144. The van der Waals surface area contributed by atoms with Crippen LogP contribution in [0.25, 0.3) is 0 Å². The average Bonchev–Trinajstić information content (AvgIpc) is 2.62. The zero-order valence-electron chi connectivity index (χ0n) is 8.80. The highest BCUT2D eigenvalue weighted by atomic mass is 16.4. The number of aliphatic carboxylic acids is 1.